The number of piperazine rings is 1. The van der Waals surface area contributed by atoms with E-state index in [4.69, 9.17) is 4.74 Å². The molecule has 0 N–H and O–H groups in total. The Labute approximate surface area is 169 Å². The van der Waals surface area contributed by atoms with E-state index in [1.807, 2.05) is 34.5 Å². The number of carbonyl (C=O) groups is 2. The second-order valence-corrected chi connectivity index (χ2v) is 8.09. The lowest BCUT2D eigenvalue weighted by Crippen LogP contribution is -2.54. The van der Waals surface area contributed by atoms with Crippen LogP contribution in [0, 0.1) is 0 Å². The number of hydrogen-bond donors (Lipinski definition) is 0. The van der Waals surface area contributed by atoms with Gasteiger partial charge in [0.1, 0.15) is 11.8 Å². The van der Waals surface area contributed by atoms with Gasteiger partial charge in [-0.3, -0.25) is 9.59 Å². The molecular weight excluding hydrogens is 374 g/mol. The first-order chi connectivity index (χ1) is 13.7. The first-order valence-corrected chi connectivity index (χ1v) is 10.6. The van der Waals surface area contributed by atoms with Gasteiger partial charge in [0.25, 0.3) is 5.91 Å². The Bertz CT molecular complexity index is 814. The van der Waals surface area contributed by atoms with Gasteiger partial charge in [-0.25, -0.2) is 0 Å². The van der Waals surface area contributed by atoms with Crippen LogP contribution in [0.1, 0.15) is 22.5 Å². The van der Waals surface area contributed by atoms with Crippen molar-refractivity contribution in [3.05, 3.63) is 46.7 Å². The van der Waals surface area contributed by atoms with E-state index in [1.54, 1.807) is 12.0 Å². The van der Waals surface area contributed by atoms with Gasteiger partial charge in [0.05, 0.1) is 12.0 Å². The average molecular weight is 400 g/mol. The fourth-order valence-electron chi connectivity index (χ4n) is 4.00. The first-order valence-electron chi connectivity index (χ1n) is 9.69. The molecule has 6 nitrogen and oxygen atoms in total. The van der Waals surface area contributed by atoms with E-state index in [0.717, 1.165) is 37.4 Å². The number of thiophene rings is 1. The molecule has 0 aliphatic carbocycles. The molecule has 2 amide bonds. The number of anilines is 1. The normalized spacial score (nSPS) is 19.8. The molecule has 0 spiro atoms. The smallest absolute Gasteiger partial charge is 0.264 e. The minimum Gasteiger partial charge on any atom is -0.497 e. The Morgan fingerprint density at radius 3 is 2.43 bits per heavy atom. The standard InChI is InChI=1S/C21H25N3O3S/c1-27-17-8-6-16(7-9-17)22-11-13-23(14-12-22)20(25)18-4-2-10-24(18)21(26)19-5-3-15-28-19/h3,5-9,15,18H,2,4,10-14H2,1H3/t18-/m0/s1. The summed E-state index contributed by atoms with van der Waals surface area (Å²) in [6.45, 7) is 3.62. The molecule has 28 heavy (non-hydrogen) atoms. The van der Waals surface area contributed by atoms with Crippen LogP contribution < -0.4 is 9.64 Å². The van der Waals surface area contributed by atoms with Crippen molar-refractivity contribution >= 4 is 28.8 Å². The SMILES string of the molecule is COc1ccc(N2CCN(C(=O)[C@@H]3CCCN3C(=O)c3cccs3)CC2)cc1. The van der Waals surface area contributed by atoms with Crippen LogP contribution in [-0.4, -0.2) is 67.5 Å². The van der Waals surface area contributed by atoms with Crippen LogP contribution in [0.5, 0.6) is 5.75 Å². The third kappa shape index (κ3) is 3.71. The second-order valence-electron chi connectivity index (χ2n) is 7.14. The van der Waals surface area contributed by atoms with Gasteiger partial charge in [-0.15, -0.1) is 11.3 Å². The number of likely N-dealkylation sites (tertiary alicyclic amines) is 1. The Morgan fingerprint density at radius 1 is 1.04 bits per heavy atom. The van der Waals surface area contributed by atoms with Crippen LogP contribution in [0.4, 0.5) is 5.69 Å². The van der Waals surface area contributed by atoms with Crippen molar-refractivity contribution in [1.82, 2.24) is 9.80 Å². The van der Waals surface area contributed by atoms with E-state index in [0.29, 0.717) is 24.5 Å². The lowest BCUT2D eigenvalue weighted by atomic mass is 10.1. The highest BCUT2D eigenvalue weighted by Gasteiger charge is 2.37. The fraction of sp³-hybridized carbons (Fsp3) is 0.429. The molecule has 0 unspecified atom stereocenters. The zero-order valence-electron chi connectivity index (χ0n) is 16.0. The van der Waals surface area contributed by atoms with E-state index in [-0.39, 0.29) is 17.9 Å². The number of amides is 2. The molecule has 4 rings (SSSR count). The molecule has 2 aromatic rings. The summed E-state index contributed by atoms with van der Waals surface area (Å²) < 4.78 is 5.22. The maximum atomic E-state index is 13.1. The van der Waals surface area contributed by atoms with E-state index in [1.165, 1.54) is 11.3 Å². The average Bonchev–Trinajstić information content (AvgIpc) is 3.45. The summed E-state index contributed by atoms with van der Waals surface area (Å²) in [5.74, 6) is 0.925. The molecule has 7 heteroatoms. The molecule has 2 fully saturated rings. The molecule has 1 atom stereocenters. The van der Waals surface area contributed by atoms with Crippen molar-refractivity contribution in [2.24, 2.45) is 0 Å². The zero-order chi connectivity index (χ0) is 19.5. The minimum absolute atomic E-state index is 0.0114. The lowest BCUT2D eigenvalue weighted by Gasteiger charge is -2.38. The number of hydrogen-bond acceptors (Lipinski definition) is 5. The Balaban J connectivity index is 1.37. The summed E-state index contributed by atoms with van der Waals surface area (Å²) in [6.07, 6.45) is 1.65. The van der Waals surface area contributed by atoms with Gasteiger partial charge in [0, 0.05) is 38.4 Å². The van der Waals surface area contributed by atoms with Crippen molar-refractivity contribution in [3.63, 3.8) is 0 Å². The Kier molecular flexibility index (Phi) is 5.52. The molecule has 2 saturated heterocycles. The van der Waals surface area contributed by atoms with Crippen LogP contribution in [0.15, 0.2) is 41.8 Å². The summed E-state index contributed by atoms with van der Waals surface area (Å²) in [6, 6.07) is 11.4. The van der Waals surface area contributed by atoms with Crippen LogP contribution >= 0.6 is 11.3 Å². The van der Waals surface area contributed by atoms with Gasteiger partial charge in [0.2, 0.25) is 5.91 Å². The second kappa shape index (κ2) is 8.22. The summed E-state index contributed by atoms with van der Waals surface area (Å²) in [4.78, 5) is 32.5. The maximum absolute atomic E-state index is 13.1. The summed E-state index contributed by atoms with van der Waals surface area (Å²) in [5, 5.41) is 1.90. The topological polar surface area (TPSA) is 53.1 Å². The molecule has 0 bridgehead atoms. The van der Waals surface area contributed by atoms with Gasteiger partial charge in [0.15, 0.2) is 0 Å². The highest BCUT2D eigenvalue weighted by Crippen LogP contribution is 2.25. The van der Waals surface area contributed by atoms with Crippen molar-refractivity contribution in [1.29, 1.82) is 0 Å². The van der Waals surface area contributed by atoms with E-state index >= 15 is 0 Å². The van der Waals surface area contributed by atoms with Gasteiger partial charge in [-0.2, -0.15) is 0 Å². The predicted molar refractivity (Wildman–Crippen MR) is 110 cm³/mol. The highest BCUT2D eigenvalue weighted by atomic mass is 32.1. The number of carbonyl (C=O) groups excluding carboxylic acids is 2. The van der Waals surface area contributed by atoms with Gasteiger partial charge < -0.3 is 19.4 Å². The number of methoxy groups -OCH3 is 1. The maximum Gasteiger partial charge on any atom is 0.264 e. The number of nitrogens with zero attached hydrogens (tertiary/aromatic N) is 3. The molecule has 1 aromatic carbocycles. The quantitative estimate of drug-likeness (QED) is 0.793. The van der Waals surface area contributed by atoms with E-state index < -0.39 is 0 Å². The van der Waals surface area contributed by atoms with Crippen molar-refractivity contribution in [2.45, 2.75) is 18.9 Å². The first kappa shape index (κ1) is 18.8. The van der Waals surface area contributed by atoms with Gasteiger partial charge >= 0.3 is 0 Å². The molecule has 148 valence electrons. The monoisotopic (exact) mass is 399 g/mol. The number of rotatable bonds is 4. The predicted octanol–water partition coefficient (Wildman–Crippen LogP) is 2.71. The summed E-state index contributed by atoms with van der Waals surface area (Å²) in [5.41, 5.74) is 1.14. The van der Waals surface area contributed by atoms with E-state index in [9.17, 15) is 9.59 Å². The lowest BCUT2D eigenvalue weighted by molar-refractivity contribution is -0.135. The number of benzene rings is 1. The summed E-state index contributed by atoms with van der Waals surface area (Å²) in [7, 11) is 1.66. The van der Waals surface area contributed by atoms with Crippen LogP contribution in [0.2, 0.25) is 0 Å². The largest absolute Gasteiger partial charge is 0.497 e. The fourth-order valence-corrected chi connectivity index (χ4v) is 4.68. The molecule has 0 radical (unpaired) electrons. The van der Waals surface area contributed by atoms with E-state index in [2.05, 4.69) is 17.0 Å². The number of ether oxygens (including phenoxy) is 1. The third-order valence-electron chi connectivity index (χ3n) is 5.56. The zero-order valence-corrected chi connectivity index (χ0v) is 16.9. The Hall–Kier alpha value is -2.54. The molecule has 3 heterocycles. The van der Waals surface area contributed by atoms with Crippen molar-refractivity contribution in [2.75, 3.05) is 44.7 Å². The molecule has 1 aromatic heterocycles. The van der Waals surface area contributed by atoms with Crippen molar-refractivity contribution < 1.29 is 14.3 Å². The molecular formula is C21H25N3O3S. The Morgan fingerprint density at radius 2 is 1.79 bits per heavy atom. The van der Waals surface area contributed by atoms with Gasteiger partial charge in [-0.1, -0.05) is 6.07 Å². The van der Waals surface area contributed by atoms with Crippen LogP contribution in [0.3, 0.4) is 0 Å². The molecule has 2 aliphatic heterocycles. The highest BCUT2D eigenvalue weighted by molar-refractivity contribution is 7.12. The molecule has 0 saturated carbocycles. The summed E-state index contributed by atoms with van der Waals surface area (Å²) >= 11 is 1.44. The third-order valence-corrected chi connectivity index (χ3v) is 6.42. The molecule has 2 aliphatic rings. The minimum atomic E-state index is -0.317. The van der Waals surface area contributed by atoms with Crippen LogP contribution in [-0.2, 0) is 4.79 Å². The van der Waals surface area contributed by atoms with Crippen LogP contribution in [0.25, 0.3) is 0 Å². The van der Waals surface area contributed by atoms with Gasteiger partial charge in [-0.05, 0) is 48.6 Å². The van der Waals surface area contributed by atoms with Crippen molar-refractivity contribution in [3.8, 4) is 5.75 Å².